The molecule has 108 valence electrons. The van der Waals surface area contributed by atoms with Crippen LogP contribution in [0.2, 0.25) is 0 Å². The Morgan fingerprint density at radius 1 is 1.11 bits per heavy atom. The molecule has 0 aromatic rings. The van der Waals surface area contributed by atoms with Crippen molar-refractivity contribution in [3.63, 3.8) is 0 Å². The molecule has 19 heavy (non-hydrogen) atoms. The van der Waals surface area contributed by atoms with Crippen molar-refractivity contribution in [2.75, 3.05) is 13.1 Å². The minimum Gasteiger partial charge on any atom is -0.479 e. The maximum absolute atomic E-state index is 12.5. The van der Waals surface area contributed by atoms with E-state index in [-0.39, 0.29) is 36.7 Å². The molecule has 0 aliphatic carbocycles. The number of amides is 1. The van der Waals surface area contributed by atoms with E-state index in [1.54, 1.807) is 11.8 Å². The number of morpholine rings is 1. The Hall–Kier alpha value is -1.14. The molecule has 0 saturated carbocycles. The molecule has 2 aliphatic heterocycles. The van der Waals surface area contributed by atoms with Gasteiger partial charge in [-0.2, -0.15) is 0 Å². The molecule has 0 aromatic carbocycles. The van der Waals surface area contributed by atoms with Crippen LogP contribution in [0.15, 0.2) is 0 Å². The van der Waals surface area contributed by atoms with Crippen LogP contribution in [0.4, 0.5) is 0 Å². The second kappa shape index (κ2) is 5.46. The third kappa shape index (κ3) is 3.06. The number of hydrogen-bond donors (Lipinski definition) is 1. The lowest BCUT2D eigenvalue weighted by Gasteiger charge is -2.36. The van der Waals surface area contributed by atoms with Gasteiger partial charge in [0.05, 0.1) is 30.8 Å². The van der Waals surface area contributed by atoms with Crippen LogP contribution in [0.25, 0.3) is 0 Å². The topological polar surface area (TPSA) is 76.1 Å². The van der Waals surface area contributed by atoms with Gasteiger partial charge < -0.3 is 19.5 Å². The van der Waals surface area contributed by atoms with E-state index in [0.29, 0.717) is 13.0 Å². The first-order valence-electron chi connectivity index (χ1n) is 6.71. The lowest BCUT2D eigenvalue weighted by molar-refractivity contribution is -0.168. The molecule has 1 amide bonds. The zero-order valence-electron chi connectivity index (χ0n) is 11.5. The number of hydrogen-bond acceptors (Lipinski definition) is 4. The number of nitrogens with zero attached hydrogens (tertiary/aromatic N) is 1. The highest BCUT2D eigenvalue weighted by molar-refractivity contribution is 5.81. The standard InChI is InChI=1S/C13H21NO5/c1-7-4-10(9(3)18-7)12(15)14-5-8(2)19-11(6-14)13(16)17/h7-11H,4-6H2,1-3H3,(H,16,17)/t7?,8-,9?,10?,11-/m1/s1. The summed E-state index contributed by atoms with van der Waals surface area (Å²) in [5.74, 6) is -1.21. The summed E-state index contributed by atoms with van der Waals surface area (Å²) in [5, 5.41) is 9.03. The number of aliphatic carboxylic acids is 1. The minimum atomic E-state index is -1.02. The van der Waals surface area contributed by atoms with Crippen LogP contribution >= 0.6 is 0 Å². The first-order valence-corrected chi connectivity index (χ1v) is 6.71. The summed E-state index contributed by atoms with van der Waals surface area (Å²) in [6, 6.07) is 0. The van der Waals surface area contributed by atoms with E-state index in [1.165, 1.54) is 0 Å². The third-order valence-electron chi connectivity index (χ3n) is 3.76. The zero-order valence-corrected chi connectivity index (χ0v) is 11.5. The Morgan fingerprint density at radius 2 is 1.79 bits per heavy atom. The van der Waals surface area contributed by atoms with Crippen LogP contribution in [0.1, 0.15) is 27.2 Å². The molecule has 2 heterocycles. The maximum Gasteiger partial charge on any atom is 0.334 e. The Labute approximate surface area is 112 Å². The monoisotopic (exact) mass is 271 g/mol. The van der Waals surface area contributed by atoms with Crippen LogP contribution in [-0.2, 0) is 19.1 Å². The summed E-state index contributed by atoms with van der Waals surface area (Å²) in [7, 11) is 0. The lowest BCUT2D eigenvalue weighted by Crippen LogP contribution is -2.53. The highest BCUT2D eigenvalue weighted by Crippen LogP contribution is 2.28. The van der Waals surface area contributed by atoms with Gasteiger partial charge in [-0.25, -0.2) is 4.79 Å². The number of ether oxygens (including phenoxy) is 2. The smallest absolute Gasteiger partial charge is 0.334 e. The molecule has 0 bridgehead atoms. The normalized spacial score (nSPS) is 39.3. The van der Waals surface area contributed by atoms with Gasteiger partial charge in [-0.05, 0) is 27.2 Å². The van der Waals surface area contributed by atoms with Crippen molar-refractivity contribution in [2.45, 2.75) is 51.6 Å². The van der Waals surface area contributed by atoms with Crippen molar-refractivity contribution >= 4 is 11.9 Å². The van der Waals surface area contributed by atoms with Crippen LogP contribution in [0.5, 0.6) is 0 Å². The van der Waals surface area contributed by atoms with Crippen molar-refractivity contribution in [3.05, 3.63) is 0 Å². The molecule has 2 fully saturated rings. The van der Waals surface area contributed by atoms with Gasteiger partial charge in [-0.3, -0.25) is 4.79 Å². The van der Waals surface area contributed by atoms with Crippen LogP contribution in [0, 0.1) is 5.92 Å². The van der Waals surface area contributed by atoms with E-state index in [4.69, 9.17) is 14.6 Å². The van der Waals surface area contributed by atoms with Crippen molar-refractivity contribution in [1.82, 2.24) is 4.90 Å². The SMILES string of the molecule is CC1CC(C(=O)N2C[C@@H](C)O[C@@H](C(=O)O)C2)C(C)O1. The number of carbonyl (C=O) groups is 2. The predicted octanol–water partition coefficient (Wildman–Crippen LogP) is 0.500. The van der Waals surface area contributed by atoms with Gasteiger partial charge in [0.1, 0.15) is 0 Å². The van der Waals surface area contributed by atoms with Gasteiger partial charge in [0.2, 0.25) is 5.91 Å². The Bertz CT molecular complexity index is 372. The van der Waals surface area contributed by atoms with Gasteiger partial charge in [-0.15, -0.1) is 0 Å². The Morgan fingerprint density at radius 3 is 2.32 bits per heavy atom. The molecule has 1 N–H and O–H groups in total. The molecule has 2 rings (SSSR count). The fourth-order valence-corrected chi connectivity index (χ4v) is 2.87. The molecule has 5 atom stereocenters. The summed E-state index contributed by atoms with van der Waals surface area (Å²) < 4.78 is 10.9. The van der Waals surface area contributed by atoms with E-state index in [0.717, 1.165) is 0 Å². The largest absolute Gasteiger partial charge is 0.479 e. The number of carbonyl (C=O) groups excluding carboxylic acids is 1. The number of carboxylic acids is 1. The number of rotatable bonds is 2. The number of carboxylic acid groups (broad SMARTS) is 1. The summed E-state index contributed by atoms with van der Waals surface area (Å²) in [6.07, 6.45) is -0.512. The van der Waals surface area contributed by atoms with E-state index in [1.807, 2.05) is 13.8 Å². The summed E-state index contributed by atoms with van der Waals surface area (Å²) in [4.78, 5) is 25.1. The molecular formula is C13H21NO5. The van der Waals surface area contributed by atoms with Crippen molar-refractivity contribution < 1.29 is 24.2 Å². The molecule has 6 nitrogen and oxygen atoms in total. The van der Waals surface area contributed by atoms with Crippen LogP contribution in [0.3, 0.4) is 0 Å². The average Bonchev–Trinajstić information content (AvgIpc) is 2.66. The fraction of sp³-hybridized carbons (Fsp3) is 0.846. The highest BCUT2D eigenvalue weighted by Gasteiger charge is 2.40. The maximum atomic E-state index is 12.5. The fourth-order valence-electron chi connectivity index (χ4n) is 2.87. The highest BCUT2D eigenvalue weighted by atomic mass is 16.5. The van der Waals surface area contributed by atoms with Crippen molar-refractivity contribution in [2.24, 2.45) is 5.92 Å². The van der Waals surface area contributed by atoms with Crippen LogP contribution < -0.4 is 0 Å². The molecule has 2 aliphatic rings. The van der Waals surface area contributed by atoms with Gasteiger partial charge in [0.25, 0.3) is 0 Å². The Balaban J connectivity index is 2.04. The second-order valence-corrected chi connectivity index (χ2v) is 5.51. The van der Waals surface area contributed by atoms with E-state index >= 15 is 0 Å². The third-order valence-corrected chi connectivity index (χ3v) is 3.76. The average molecular weight is 271 g/mol. The molecule has 6 heteroatoms. The van der Waals surface area contributed by atoms with Gasteiger partial charge in [-0.1, -0.05) is 0 Å². The van der Waals surface area contributed by atoms with Crippen molar-refractivity contribution in [3.8, 4) is 0 Å². The predicted molar refractivity (Wildman–Crippen MR) is 66.7 cm³/mol. The van der Waals surface area contributed by atoms with Gasteiger partial charge in [0.15, 0.2) is 6.10 Å². The molecule has 0 aromatic heterocycles. The van der Waals surface area contributed by atoms with E-state index in [2.05, 4.69) is 0 Å². The first kappa shape index (κ1) is 14.3. The van der Waals surface area contributed by atoms with Gasteiger partial charge >= 0.3 is 5.97 Å². The summed E-state index contributed by atoms with van der Waals surface area (Å²) >= 11 is 0. The lowest BCUT2D eigenvalue weighted by atomic mass is 9.98. The quantitative estimate of drug-likeness (QED) is 0.791. The van der Waals surface area contributed by atoms with E-state index < -0.39 is 12.1 Å². The van der Waals surface area contributed by atoms with Gasteiger partial charge in [0, 0.05) is 6.54 Å². The Kier molecular flexibility index (Phi) is 4.10. The zero-order chi connectivity index (χ0) is 14.2. The first-order chi connectivity index (χ1) is 8.88. The molecule has 0 radical (unpaired) electrons. The van der Waals surface area contributed by atoms with E-state index in [9.17, 15) is 9.59 Å². The molecular weight excluding hydrogens is 250 g/mol. The molecule has 3 unspecified atom stereocenters. The second-order valence-electron chi connectivity index (χ2n) is 5.51. The van der Waals surface area contributed by atoms with Crippen molar-refractivity contribution in [1.29, 1.82) is 0 Å². The minimum absolute atomic E-state index is 0.0155. The summed E-state index contributed by atoms with van der Waals surface area (Å²) in [5.41, 5.74) is 0. The summed E-state index contributed by atoms with van der Waals surface area (Å²) in [6.45, 7) is 6.19. The molecule has 0 spiro atoms. The van der Waals surface area contributed by atoms with Crippen LogP contribution in [-0.4, -0.2) is 59.4 Å². The molecule has 2 saturated heterocycles.